The highest BCUT2D eigenvalue weighted by molar-refractivity contribution is 5.66. The Morgan fingerprint density at radius 1 is 0.923 bits per heavy atom. The Hall–Kier alpha value is -0.910. The van der Waals surface area contributed by atoms with Crippen molar-refractivity contribution in [3.05, 3.63) is 17.4 Å². The van der Waals surface area contributed by atoms with Gasteiger partial charge < -0.3 is 20.7 Å². The van der Waals surface area contributed by atoms with Crippen LogP contribution in [0.25, 0.3) is 0 Å². The second-order valence-corrected chi connectivity index (χ2v) is 7.46. The summed E-state index contributed by atoms with van der Waals surface area (Å²) in [7, 11) is 3.24. The van der Waals surface area contributed by atoms with Crippen molar-refractivity contribution in [3.63, 3.8) is 0 Å². The van der Waals surface area contributed by atoms with Crippen LogP contribution in [0, 0.1) is 5.21 Å². The smallest absolute Gasteiger partial charge is 0.303 e. The van der Waals surface area contributed by atoms with Crippen molar-refractivity contribution < 1.29 is 14.5 Å². The molecule has 0 aromatic heterocycles. The molecular formula is C21H44N2O3. The van der Waals surface area contributed by atoms with Crippen molar-refractivity contribution in [2.24, 2.45) is 5.73 Å². The first-order chi connectivity index (χ1) is 12.3. The summed E-state index contributed by atoms with van der Waals surface area (Å²) in [5, 5.41) is 19.2. The molecule has 0 amide bonds. The molecule has 0 bridgehead atoms. The second-order valence-electron chi connectivity index (χ2n) is 7.46. The number of rotatable bonds is 16. The molecule has 0 heterocycles. The van der Waals surface area contributed by atoms with Crippen molar-refractivity contribution in [3.8, 4) is 0 Å². The Balaban J connectivity index is 0. The highest BCUT2D eigenvalue weighted by Gasteiger charge is 1.97. The van der Waals surface area contributed by atoms with Gasteiger partial charge in [-0.05, 0) is 38.6 Å². The van der Waals surface area contributed by atoms with Crippen LogP contribution in [0.3, 0.4) is 0 Å². The zero-order valence-corrected chi connectivity index (χ0v) is 17.5. The molecule has 0 radical (unpaired) electrons. The Bertz CT molecular complexity index is 326. The number of unbranched alkanes of at least 4 members (excludes halogenated alkanes) is 9. The molecule has 0 aromatic rings. The summed E-state index contributed by atoms with van der Waals surface area (Å²) < 4.78 is -0.225. The first kappa shape index (κ1) is 27.3. The van der Waals surface area contributed by atoms with Crippen molar-refractivity contribution in [1.29, 1.82) is 0 Å². The maximum atomic E-state index is 10.7. The minimum absolute atomic E-state index is 0.225. The van der Waals surface area contributed by atoms with Crippen LogP contribution in [-0.2, 0) is 4.79 Å². The van der Waals surface area contributed by atoms with E-state index in [9.17, 15) is 10.0 Å². The van der Waals surface area contributed by atoms with Crippen LogP contribution in [-0.4, -0.2) is 42.9 Å². The molecule has 0 saturated heterocycles. The van der Waals surface area contributed by atoms with Gasteiger partial charge in [0, 0.05) is 12.8 Å². The van der Waals surface area contributed by atoms with E-state index >= 15 is 0 Å². The molecule has 26 heavy (non-hydrogen) atoms. The molecule has 0 aliphatic carbocycles. The number of carbonyl (C=O) groups is 1. The second kappa shape index (κ2) is 20.4. The number of hydrogen-bond donors (Lipinski definition) is 2. The van der Waals surface area contributed by atoms with Crippen LogP contribution in [0.1, 0.15) is 90.4 Å². The van der Waals surface area contributed by atoms with Crippen molar-refractivity contribution >= 4 is 5.97 Å². The number of nitrogens with zero attached hydrogens (tertiary/aromatic N) is 1. The van der Waals surface area contributed by atoms with Crippen LogP contribution >= 0.6 is 0 Å². The normalized spacial score (nSPS) is 11.4. The number of hydrogen-bond acceptors (Lipinski definition) is 3. The molecule has 0 unspecified atom stereocenters. The molecule has 0 spiro atoms. The number of quaternary nitrogens is 1. The van der Waals surface area contributed by atoms with Crippen molar-refractivity contribution in [1.82, 2.24) is 0 Å². The lowest BCUT2D eigenvalue weighted by molar-refractivity contribution is -0.840. The number of carboxylic acid groups (broad SMARTS) is 1. The highest BCUT2D eigenvalue weighted by Crippen LogP contribution is 2.08. The van der Waals surface area contributed by atoms with E-state index in [1.807, 2.05) is 0 Å². The Morgan fingerprint density at radius 3 is 1.85 bits per heavy atom. The van der Waals surface area contributed by atoms with E-state index in [1.54, 1.807) is 14.1 Å². The minimum Gasteiger partial charge on any atom is -0.633 e. The maximum absolute atomic E-state index is 10.7. The fourth-order valence-electron chi connectivity index (χ4n) is 2.47. The van der Waals surface area contributed by atoms with Gasteiger partial charge in [-0.15, -0.1) is 0 Å². The number of carboxylic acids is 1. The van der Waals surface area contributed by atoms with Gasteiger partial charge in [0.2, 0.25) is 0 Å². The summed E-state index contributed by atoms with van der Waals surface area (Å²) >= 11 is 0. The fraction of sp³-hybridized carbons (Fsp3) is 0.857. The summed E-state index contributed by atoms with van der Waals surface area (Å²) in [4.78, 5) is 10.3. The van der Waals surface area contributed by atoms with E-state index in [0.29, 0.717) is 19.5 Å². The topological polar surface area (TPSA) is 86.4 Å². The summed E-state index contributed by atoms with van der Waals surface area (Å²) in [5.74, 6) is -0.666. The van der Waals surface area contributed by atoms with Crippen LogP contribution < -0.4 is 5.73 Å². The minimum atomic E-state index is -0.666. The molecule has 0 saturated carbocycles. The molecule has 0 aromatic carbocycles. The third-order valence-corrected chi connectivity index (χ3v) is 4.05. The van der Waals surface area contributed by atoms with E-state index in [0.717, 1.165) is 19.3 Å². The third-order valence-electron chi connectivity index (χ3n) is 4.05. The molecule has 3 N–H and O–H groups in total. The zero-order valence-electron chi connectivity index (χ0n) is 17.5. The van der Waals surface area contributed by atoms with Gasteiger partial charge in [-0.25, -0.2) is 0 Å². The Kier molecular flexibility index (Phi) is 21.4. The van der Waals surface area contributed by atoms with Gasteiger partial charge in [-0.2, -0.15) is 0 Å². The zero-order chi connectivity index (χ0) is 20.1. The number of nitrogens with two attached hydrogens (primary N) is 1. The Morgan fingerprint density at radius 2 is 1.42 bits per heavy atom. The number of hydroxylamine groups is 3. The van der Waals surface area contributed by atoms with Gasteiger partial charge >= 0.3 is 5.97 Å². The van der Waals surface area contributed by atoms with Crippen LogP contribution in [0.5, 0.6) is 0 Å². The first-order valence-corrected chi connectivity index (χ1v) is 10.4. The molecule has 156 valence electrons. The summed E-state index contributed by atoms with van der Waals surface area (Å²) in [5.41, 5.74) is 5.19. The predicted octanol–water partition coefficient (Wildman–Crippen LogP) is 5.24. The maximum Gasteiger partial charge on any atom is 0.303 e. The average molecular weight is 373 g/mol. The fourth-order valence-corrected chi connectivity index (χ4v) is 2.47. The quantitative estimate of drug-likeness (QED) is 0.168. The summed E-state index contributed by atoms with van der Waals surface area (Å²) in [6, 6.07) is 0. The van der Waals surface area contributed by atoms with E-state index in [-0.39, 0.29) is 4.65 Å². The average Bonchev–Trinajstić information content (AvgIpc) is 2.57. The van der Waals surface area contributed by atoms with Crippen molar-refractivity contribution in [2.45, 2.75) is 90.4 Å². The SMILES string of the molecule is CCCCCC/C=C\CCCCCCCC(=O)O.C[N+](C)([O-])CCCN. The lowest BCUT2D eigenvalue weighted by Crippen LogP contribution is -2.34. The van der Waals surface area contributed by atoms with E-state index in [4.69, 9.17) is 10.8 Å². The van der Waals surface area contributed by atoms with Crippen LogP contribution in [0.4, 0.5) is 0 Å². The van der Waals surface area contributed by atoms with E-state index in [2.05, 4.69) is 19.1 Å². The van der Waals surface area contributed by atoms with Crippen LogP contribution in [0.15, 0.2) is 12.2 Å². The monoisotopic (exact) mass is 372 g/mol. The molecular weight excluding hydrogens is 328 g/mol. The molecule has 5 nitrogen and oxygen atoms in total. The van der Waals surface area contributed by atoms with E-state index < -0.39 is 5.97 Å². The van der Waals surface area contributed by atoms with E-state index in [1.165, 1.54) is 57.8 Å². The number of aliphatic carboxylic acids is 1. The van der Waals surface area contributed by atoms with Gasteiger partial charge in [0.25, 0.3) is 0 Å². The van der Waals surface area contributed by atoms with Crippen molar-refractivity contribution in [2.75, 3.05) is 27.2 Å². The lowest BCUT2D eigenvalue weighted by Gasteiger charge is -2.33. The van der Waals surface area contributed by atoms with Gasteiger partial charge in [0.05, 0.1) is 20.6 Å². The number of allylic oxidation sites excluding steroid dienone is 2. The molecule has 0 rings (SSSR count). The molecule has 0 fully saturated rings. The molecule has 0 aliphatic rings. The largest absolute Gasteiger partial charge is 0.633 e. The molecule has 5 heteroatoms. The Labute approximate surface area is 161 Å². The van der Waals surface area contributed by atoms with Gasteiger partial charge in [-0.3, -0.25) is 4.79 Å². The lowest BCUT2D eigenvalue weighted by atomic mass is 10.1. The predicted molar refractivity (Wildman–Crippen MR) is 112 cm³/mol. The van der Waals surface area contributed by atoms with Gasteiger partial charge in [0.1, 0.15) is 0 Å². The van der Waals surface area contributed by atoms with Gasteiger partial charge in [0.15, 0.2) is 0 Å². The molecule has 0 aliphatic heterocycles. The van der Waals surface area contributed by atoms with Gasteiger partial charge in [-0.1, -0.05) is 57.6 Å². The first-order valence-electron chi connectivity index (χ1n) is 10.4. The summed E-state index contributed by atoms with van der Waals surface area (Å²) in [6.45, 7) is 3.48. The van der Waals surface area contributed by atoms with Crippen LogP contribution in [0.2, 0.25) is 0 Å². The third kappa shape index (κ3) is 30.9. The standard InChI is InChI=1S/C16H30O2.C5H14N2O/c1-2-3-4-5-6-7-8-9-10-11-12-13-14-15-16(17)18;1-7(2,8)5-3-4-6/h7-8H,2-6,9-15H2,1H3,(H,17,18);3-6H2,1-2H3/b8-7-;. The summed E-state index contributed by atoms with van der Waals surface area (Å²) in [6.07, 6.45) is 19.1. The molecule has 0 atom stereocenters. The highest BCUT2D eigenvalue weighted by atomic mass is 16.5.